The quantitative estimate of drug-likeness (QED) is 0.269. The van der Waals surface area contributed by atoms with Gasteiger partial charge < -0.3 is 15.7 Å². The van der Waals surface area contributed by atoms with Gasteiger partial charge >= 0.3 is 12.1 Å². The van der Waals surface area contributed by atoms with E-state index in [9.17, 15) is 36.3 Å². The lowest BCUT2D eigenvalue weighted by atomic mass is 10.1. The predicted octanol–water partition coefficient (Wildman–Crippen LogP) is 2.20. The molecule has 4 N–H and O–H groups in total. The lowest BCUT2D eigenvalue weighted by molar-refractivity contribution is -0.139. The summed E-state index contributed by atoms with van der Waals surface area (Å²) >= 11 is 0. The maximum Gasteiger partial charge on any atom is 0.416 e. The molecule has 0 bridgehead atoms. The summed E-state index contributed by atoms with van der Waals surface area (Å²) in [5.41, 5.74) is 0.960. The minimum absolute atomic E-state index is 0.135. The lowest BCUT2D eigenvalue weighted by Crippen LogP contribution is -2.48. The van der Waals surface area contributed by atoms with Gasteiger partial charge in [-0.1, -0.05) is 24.3 Å². The number of amides is 1. The van der Waals surface area contributed by atoms with Crippen LogP contribution in [-0.4, -0.2) is 59.3 Å². The molecule has 1 aliphatic heterocycles. The van der Waals surface area contributed by atoms with Crippen molar-refractivity contribution in [3.63, 3.8) is 0 Å². The topological polar surface area (TPSA) is 155 Å². The smallest absolute Gasteiger partial charge is 0.416 e. The van der Waals surface area contributed by atoms with Gasteiger partial charge in [-0.15, -0.1) is 0 Å². The van der Waals surface area contributed by atoms with Crippen molar-refractivity contribution >= 4 is 27.7 Å². The van der Waals surface area contributed by atoms with E-state index in [0.29, 0.717) is 19.0 Å². The number of benzene rings is 1. The van der Waals surface area contributed by atoms with Crippen LogP contribution in [0.2, 0.25) is 0 Å². The van der Waals surface area contributed by atoms with E-state index in [1.165, 1.54) is 28.7 Å². The van der Waals surface area contributed by atoms with Crippen molar-refractivity contribution in [2.75, 3.05) is 18.4 Å². The molecule has 0 spiro atoms. The Kier molecular flexibility index (Phi) is 8.73. The van der Waals surface area contributed by atoms with Crippen molar-refractivity contribution in [1.82, 2.24) is 24.8 Å². The second-order valence-electron chi connectivity index (χ2n) is 9.26. The van der Waals surface area contributed by atoms with Crippen molar-refractivity contribution in [2.45, 2.75) is 43.8 Å². The molecular formula is C25H27F3N6O5S. The number of alkyl halides is 3. The number of nitrogens with one attached hydrogen (secondary N) is 3. The Hall–Kier alpha value is -3.98. The molecule has 1 amide bonds. The van der Waals surface area contributed by atoms with Gasteiger partial charge in [0.25, 0.3) is 5.91 Å². The molecule has 3 heterocycles. The predicted molar refractivity (Wildman–Crippen MR) is 138 cm³/mol. The van der Waals surface area contributed by atoms with Crippen LogP contribution in [0.1, 0.15) is 39.2 Å². The summed E-state index contributed by atoms with van der Waals surface area (Å²) in [6, 6.07) is 5.95. The molecule has 1 atom stereocenters. The molecule has 0 saturated heterocycles. The average molecular weight is 581 g/mol. The van der Waals surface area contributed by atoms with E-state index in [1.54, 1.807) is 0 Å². The number of fused-ring (bicyclic) bond motifs is 1. The number of rotatable bonds is 11. The first-order chi connectivity index (χ1) is 18.9. The second-order valence-corrected chi connectivity index (χ2v) is 11.0. The molecular weight excluding hydrogens is 553 g/mol. The fourth-order valence-corrected chi connectivity index (χ4v) is 5.45. The maximum absolute atomic E-state index is 12.9. The lowest BCUT2D eigenvalue weighted by Gasteiger charge is -2.17. The van der Waals surface area contributed by atoms with E-state index >= 15 is 0 Å². The number of pyridine rings is 1. The maximum atomic E-state index is 12.9. The minimum Gasteiger partial charge on any atom is -0.480 e. The van der Waals surface area contributed by atoms with E-state index in [4.69, 9.17) is 0 Å². The summed E-state index contributed by atoms with van der Waals surface area (Å²) < 4.78 is 67.1. The number of carboxylic acid groups (broad SMARTS) is 1. The van der Waals surface area contributed by atoms with Gasteiger partial charge in [-0.3, -0.25) is 14.3 Å². The number of sulfonamides is 1. The number of carbonyl (C=O) groups is 2. The first-order valence-electron chi connectivity index (χ1n) is 12.3. The fourth-order valence-electron chi connectivity index (χ4n) is 4.13. The van der Waals surface area contributed by atoms with E-state index in [-0.39, 0.29) is 11.1 Å². The number of aromatic nitrogens is 3. The van der Waals surface area contributed by atoms with Gasteiger partial charge in [0.05, 0.1) is 23.1 Å². The van der Waals surface area contributed by atoms with Crippen LogP contribution in [0.15, 0.2) is 48.8 Å². The van der Waals surface area contributed by atoms with E-state index in [1.807, 2.05) is 16.9 Å². The Morgan fingerprint density at radius 3 is 2.75 bits per heavy atom. The molecule has 15 heteroatoms. The number of hydrogen-bond acceptors (Lipinski definition) is 7. The number of aliphatic carboxylic acids is 1. The van der Waals surface area contributed by atoms with Crippen LogP contribution in [0.4, 0.5) is 19.0 Å². The van der Waals surface area contributed by atoms with Crippen LogP contribution in [0.5, 0.6) is 0 Å². The number of carbonyl (C=O) groups excluding carboxylic acids is 1. The Balaban J connectivity index is 1.31. The standard InChI is InChI=1S/C25H27F3N6O5S/c26-25(27,28)19-5-1-3-16(11-19)15-40(38,39)33-21(24(36)37)13-30-23(35)18-12-31-34(14-18)10-8-20-7-6-17-4-2-9-29-22(17)32-20/h1,3,5-7,11-12,14,21,33H,2,4,8-10,13,15H2,(H,29,32)(H,30,35)(H,36,37). The number of anilines is 1. The van der Waals surface area contributed by atoms with Crippen LogP contribution in [0.3, 0.4) is 0 Å². The van der Waals surface area contributed by atoms with Crippen molar-refractivity contribution in [3.8, 4) is 0 Å². The zero-order chi connectivity index (χ0) is 28.9. The van der Waals surface area contributed by atoms with Crippen molar-refractivity contribution < 1.29 is 36.3 Å². The third-order valence-electron chi connectivity index (χ3n) is 6.14. The summed E-state index contributed by atoms with van der Waals surface area (Å²) in [7, 11) is -4.37. The molecule has 3 aromatic rings. The number of aryl methyl sites for hydroxylation is 3. The molecule has 11 nitrogen and oxygen atoms in total. The zero-order valence-electron chi connectivity index (χ0n) is 21.1. The van der Waals surface area contributed by atoms with Crippen LogP contribution in [0.25, 0.3) is 0 Å². The van der Waals surface area contributed by atoms with E-state index in [0.717, 1.165) is 43.0 Å². The zero-order valence-corrected chi connectivity index (χ0v) is 21.9. The number of nitrogens with zero attached hydrogens (tertiary/aromatic N) is 3. The van der Waals surface area contributed by atoms with Gasteiger partial charge in [-0.2, -0.15) is 23.0 Å². The number of halogens is 3. The highest BCUT2D eigenvalue weighted by Crippen LogP contribution is 2.29. The normalized spacial score (nSPS) is 14.2. The van der Waals surface area contributed by atoms with Gasteiger partial charge in [0.15, 0.2) is 0 Å². The highest BCUT2D eigenvalue weighted by molar-refractivity contribution is 7.88. The summed E-state index contributed by atoms with van der Waals surface area (Å²) in [4.78, 5) is 28.8. The summed E-state index contributed by atoms with van der Waals surface area (Å²) in [6.07, 6.45) is 0.708. The SMILES string of the molecule is O=C(NCC(NS(=O)(=O)Cc1cccc(C(F)(F)F)c1)C(=O)O)c1cnn(CCc2ccc3c(n2)NCCC3)c1. The molecule has 0 aliphatic carbocycles. The molecule has 40 heavy (non-hydrogen) atoms. The Labute approximate surface area is 227 Å². The van der Waals surface area contributed by atoms with Gasteiger partial charge in [0.2, 0.25) is 10.0 Å². The van der Waals surface area contributed by atoms with E-state index in [2.05, 4.69) is 20.7 Å². The van der Waals surface area contributed by atoms with Gasteiger partial charge in [0, 0.05) is 37.9 Å². The third-order valence-corrected chi connectivity index (χ3v) is 7.50. The Morgan fingerprint density at radius 2 is 2.00 bits per heavy atom. The highest BCUT2D eigenvalue weighted by Gasteiger charge is 2.31. The van der Waals surface area contributed by atoms with Crippen molar-refractivity contribution in [3.05, 3.63) is 76.7 Å². The first kappa shape index (κ1) is 29.0. The summed E-state index contributed by atoms with van der Waals surface area (Å²) in [5.74, 6) is -2.25. The van der Waals surface area contributed by atoms with Crippen molar-refractivity contribution in [2.24, 2.45) is 0 Å². The van der Waals surface area contributed by atoms with Crippen LogP contribution in [0, 0.1) is 0 Å². The average Bonchev–Trinajstić information content (AvgIpc) is 3.38. The molecule has 1 unspecified atom stereocenters. The van der Waals surface area contributed by atoms with Crippen LogP contribution < -0.4 is 15.4 Å². The first-order valence-corrected chi connectivity index (χ1v) is 14.0. The largest absolute Gasteiger partial charge is 0.480 e. The van der Waals surface area contributed by atoms with Gasteiger partial charge in [-0.25, -0.2) is 13.4 Å². The van der Waals surface area contributed by atoms with Gasteiger partial charge in [-0.05, 0) is 36.1 Å². The molecule has 214 valence electrons. The molecule has 0 radical (unpaired) electrons. The molecule has 4 rings (SSSR count). The molecule has 1 aromatic carbocycles. The number of carboxylic acids is 1. The summed E-state index contributed by atoms with van der Waals surface area (Å²) in [5, 5.41) is 19.2. The second kappa shape index (κ2) is 12.0. The Morgan fingerprint density at radius 1 is 1.20 bits per heavy atom. The minimum atomic E-state index is -4.66. The third kappa shape index (κ3) is 7.79. The van der Waals surface area contributed by atoms with Crippen molar-refractivity contribution in [1.29, 1.82) is 0 Å². The molecule has 0 saturated carbocycles. The monoisotopic (exact) mass is 580 g/mol. The molecule has 0 fully saturated rings. The number of hydrogen-bond donors (Lipinski definition) is 4. The summed E-state index contributed by atoms with van der Waals surface area (Å²) in [6.45, 7) is 0.709. The Bertz CT molecular complexity index is 1490. The molecule has 1 aliphatic rings. The highest BCUT2D eigenvalue weighted by atomic mass is 32.2. The fraction of sp³-hybridized carbons (Fsp3) is 0.360. The van der Waals surface area contributed by atoms with E-state index < -0.39 is 52.0 Å². The van der Waals surface area contributed by atoms with Crippen LogP contribution in [-0.2, 0) is 46.1 Å². The molecule has 2 aromatic heterocycles. The van der Waals surface area contributed by atoms with Crippen LogP contribution >= 0.6 is 0 Å². The van der Waals surface area contributed by atoms with Gasteiger partial charge in [0.1, 0.15) is 11.9 Å².